The molecule has 7 nitrogen and oxygen atoms in total. The minimum atomic E-state index is -1.00. The number of aromatic nitrogens is 1. The largest absolute Gasteiger partial charge is 0.497 e. The number of amides is 1. The first-order chi connectivity index (χ1) is 12.1. The zero-order valence-corrected chi connectivity index (χ0v) is 13.7. The molecule has 130 valence electrons. The highest BCUT2D eigenvalue weighted by molar-refractivity contribution is 5.96. The number of methoxy groups -OCH3 is 1. The van der Waals surface area contributed by atoms with Gasteiger partial charge < -0.3 is 20.5 Å². The van der Waals surface area contributed by atoms with Gasteiger partial charge in [0.2, 0.25) is 5.91 Å². The second-order valence-corrected chi connectivity index (χ2v) is 5.89. The molecule has 2 aromatic rings. The van der Waals surface area contributed by atoms with Crippen molar-refractivity contribution in [3.8, 4) is 5.75 Å². The van der Waals surface area contributed by atoms with Crippen molar-refractivity contribution in [1.29, 1.82) is 0 Å². The molecule has 2 atom stereocenters. The second kappa shape index (κ2) is 7.21. The van der Waals surface area contributed by atoms with Gasteiger partial charge in [-0.25, -0.2) is 9.78 Å². The Kier molecular flexibility index (Phi) is 4.83. The number of β-lactam (4-membered cyclic amide) rings is 1. The van der Waals surface area contributed by atoms with Crippen LogP contribution in [0.3, 0.4) is 0 Å². The molecule has 0 unspecified atom stereocenters. The second-order valence-electron chi connectivity index (χ2n) is 5.89. The van der Waals surface area contributed by atoms with Crippen molar-refractivity contribution in [3.63, 3.8) is 0 Å². The summed E-state index contributed by atoms with van der Waals surface area (Å²) >= 11 is 0. The summed E-state index contributed by atoms with van der Waals surface area (Å²) in [6.45, 7) is 0.599. The van der Waals surface area contributed by atoms with Gasteiger partial charge in [-0.05, 0) is 41.8 Å². The summed E-state index contributed by atoms with van der Waals surface area (Å²) in [7, 11) is 1.62. The Morgan fingerprint density at radius 3 is 2.68 bits per heavy atom. The molecule has 1 aromatic heterocycles. The third kappa shape index (κ3) is 3.88. The molecule has 3 rings (SSSR count). The maximum atomic E-state index is 11.6. The van der Waals surface area contributed by atoms with Crippen LogP contribution in [0.25, 0.3) is 0 Å². The Bertz CT molecular complexity index is 776. The fourth-order valence-corrected chi connectivity index (χ4v) is 2.75. The van der Waals surface area contributed by atoms with Gasteiger partial charge in [0.25, 0.3) is 0 Å². The van der Waals surface area contributed by atoms with E-state index >= 15 is 0 Å². The molecule has 1 amide bonds. The topological polar surface area (TPSA) is 101 Å². The number of nitrogens with zero attached hydrogens (tertiary/aromatic N) is 1. The van der Waals surface area contributed by atoms with Crippen LogP contribution in [0.5, 0.6) is 5.75 Å². The highest BCUT2D eigenvalue weighted by Gasteiger charge is 2.43. The number of carbonyl (C=O) groups excluding carboxylic acids is 1. The zero-order chi connectivity index (χ0) is 17.8. The van der Waals surface area contributed by atoms with E-state index in [1.807, 2.05) is 30.3 Å². The summed E-state index contributed by atoms with van der Waals surface area (Å²) < 4.78 is 5.13. The van der Waals surface area contributed by atoms with Gasteiger partial charge in [-0.3, -0.25) is 4.79 Å². The van der Waals surface area contributed by atoms with E-state index in [-0.39, 0.29) is 5.91 Å². The van der Waals surface area contributed by atoms with Gasteiger partial charge in [-0.2, -0.15) is 0 Å². The smallest absolute Gasteiger partial charge is 0.327 e. The van der Waals surface area contributed by atoms with Crippen LogP contribution < -0.4 is 15.4 Å². The van der Waals surface area contributed by atoms with Crippen molar-refractivity contribution in [2.75, 3.05) is 12.4 Å². The molecule has 0 aliphatic carbocycles. The molecule has 1 saturated heterocycles. The number of nitrogens with one attached hydrogen (secondary N) is 2. The number of carbonyl (C=O) groups is 2. The number of pyridine rings is 1. The zero-order valence-electron chi connectivity index (χ0n) is 13.7. The maximum Gasteiger partial charge on any atom is 0.327 e. The van der Waals surface area contributed by atoms with E-state index in [4.69, 9.17) is 9.84 Å². The fraction of sp³-hybridized carbons (Fsp3) is 0.278. The Morgan fingerprint density at radius 1 is 1.28 bits per heavy atom. The van der Waals surface area contributed by atoms with Crippen LogP contribution in [0.2, 0.25) is 0 Å². The van der Waals surface area contributed by atoms with Gasteiger partial charge in [0.1, 0.15) is 17.6 Å². The summed E-state index contributed by atoms with van der Waals surface area (Å²) in [5, 5.41) is 14.7. The molecule has 0 radical (unpaired) electrons. The molecule has 1 aliphatic rings. The van der Waals surface area contributed by atoms with Crippen molar-refractivity contribution in [3.05, 3.63) is 53.7 Å². The number of hydrogen-bond acceptors (Lipinski definition) is 5. The summed E-state index contributed by atoms with van der Waals surface area (Å²) in [6, 6.07) is 10.5. The number of carboxylic acids is 1. The normalized spacial score (nSPS) is 18.8. The lowest BCUT2D eigenvalue weighted by Crippen LogP contribution is -2.62. The summed E-state index contributed by atoms with van der Waals surface area (Å²) in [6.07, 6.45) is 2.03. The number of anilines is 1. The SMILES string of the molecule is COc1ccc(CNc2cc(C[C@H]3C(=O)N[C@@H]3C(=O)O)ccn2)cc1. The van der Waals surface area contributed by atoms with Gasteiger partial charge in [0, 0.05) is 12.7 Å². The van der Waals surface area contributed by atoms with Crippen molar-refractivity contribution < 1.29 is 19.4 Å². The van der Waals surface area contributed by atoms with Gasteiger partial charge >= 0.3 is 5.97 Å². The van der Waals surface area contributed by atoms with Crippen LogP contribution in [0, 0.1) is 5.92 Å². The predicted molar refractivity (Wildman–Crippen MR) is 91.3 cm³/mol. The maximum absolute atomic E-state index is 11.6. The van der Waals surface area contributed by atoms with Crippen molar-refractivity contribution in [2.24, 2.45) is 5.92 Å². The average Bonchev–Trinajstić information content (AvgIpc) is 2.63. The molecule has 25 heavy (non-hydrogen) atoms. The number of ether oxygens (including phenoxy) is 1. The quantitative estimate of drug-likeness (QED) is 0.659. The molecular weight excluding hydrogens is 322 g/mol. The lowest BCUT2D eigenvalue weighted by atomic mass is 9.85. The lowest BCUT2D eigenvalue weighted by Gasteiger charge is -2.33. The molecule has 7 heteroatoms. The van der Waals surface area contributed by atoms with Crippen molar-refractivity contribution >= 4 is 17.7 Å². The lowest BCUT2D eigenvalue weighted by molar-refractivity contribution is -0.153. The summed E-state index contributed by atoms with van der Waals surface area (Å²) in [4.78, 5) is 26.9. The summed E-state index contributed by atoms with van der Waals surface area (Å²) in [5.74, 6) is -0.279. The van der Waals surface area contributed by atoms with Gasteiger partial charge in [-0.15, -0.1) is 0 Å². The van der Waals surface area contributed by atoms with Crippen LogP contribution in [-0.4, -0.2) is 35.1 Å². The molecule has 0 bridgehead atoms. The monoisotopic (exact) mass is 341 g/mol. The third-order valence-electron chi connectivity index (χ3n) is 4.22. The van der Waals surface area contributed by atoms with E-state index in [1.54, 1.807) is 19.4 Å². The van der Waals surface area contributed by atoms with E-state index in [2.05, 4.69) is 15.6 Å². The van der Waals surface area contributed by atoms with Gasteiger partial charge in [0.05, 0.1) is 13.0 Å². The van der Waals surface area contributed by atoms with E-state index < -0.39 is 17.9 Å². The average molecular weight is 341 g/mol. The third-order valence-corrected chi connectivity index (χ3v) is 4.22. The molecule has 0 spiro atoms. The van der Waals surface area contributed by atoms with E-state index in [0.717, 1.165) is 16.9 Å². The van der Waals surface area contributed by atoms with Crippen LogP contribution in [0.1, 0.15) is 11.1 Å². The molecule has 1 fully saturated rings. The van der Waals surface area contributed by atoms with Crippen molar-refractivity contribution in [2.45, 2.75) is 19.0 Å². The van der Waals surface area contributed by atoms with Crippen LogP contribution in [0.15, 0.2) is 42.6 Å². The van der Waals surface area contributed by atoms with Crippen LogP contribution in [0.4, 0.5) is 5.82 Å². The van der Waals surface area contributed by atoms with Gasteiger partial charge in [0.15, 0.2) is 0 Å². The Hall–Kier alpha value is -3.09. The Labute approximate surface area is 145 Å². The first kappa shape index (κ1) is 16.8. The highest BCUT2D eigenvalue weighted by Crippen LogP contribution is 2.22. The first-order valence-corrected chi connectivity index (χ1v) is 7.92. The van der Waals surface area contributed by atoms with E-state index in [9.17, 15) is 9.59 Å². The number of hydrogen-bond donors (Lipinski definition) is 3. The molecule has 0 saturated carbocycles. The minimum Gasteiger partial charge on any atom is -0.497 e. The molecule has 1 aromatic carbocycles. The number of carboxylic acid groups (broad SMARTS) is 1. The van der Waals surface area contributed by atoms with Crippen LogP contribution in [-0.2, 0) is 22.6 Å². The molecule has 2 heterocycles. The highest BCUT2D eigenvalue weighted by atomic mass is 16.5. The van der Waals surface area contributed by atoms with E-state index in [0.29, 0.717) is 18.8 Å². The Balaban J connectivity index is 1.61. The Morgan fingerprint density at radius 2 is 2.04 bits per heavy atom. The predicted octanol–water partition coefficient (Wildman–Crippen LogP) is 1.44. The van der Waals surface area contributed by atoms with Crippen molar-refractivity contribution in [1.82, 2.24) is 10.3 Å². The van der Waals surface area contributed by atoms with E-state index in [1.165, 1.54) is 0 Å². The van der Waals surface area contributed by atoms with Gasteiger partial charge in [-0.1, -0.05) is 12.1 Å². The van der Waals surface area contributed by atoms with Crippen LogP contribution >= 0.6 is 0 Å². The summed E-state index contributed by atoms with van der Waals surface area (Å²) in [5.41, 5.74) is 1.95. The number of benzene rings is 1. The standard InChI is InChI=1S/C18H19N3O4/c1-25-13-4-2-11(3-5-13)10-20-15-9-12(6-7-19-15)8-14-16(18(23)24)21-17(14)22/h2-7,9,14,16H,8,10H2,1H3,(H,19,20)(H,21,22)(H,23,24)/t14-,16+/m1/s1. The minimum absolute atomic E-state index is 0.225. The number of aliphatic carboxylic acids is 1. The molecule has 1 aliphatic heterocycles. The fourth-order valence-electron chi connectivity index (χ4n) is 2.75. The molecule has 3 N–H and O–H groups in total. The number of rotatable bonds is 7. The molecular formula is C18H19N3O4. The first-order valence-electron chi connectivity index (χ1n) is 7.92.